The Labute approximate surface area is 153 Å². The van der Waals surface area contributed by atoms with Gasteiger partial charge in [0.1, 0.15) is 6.07 Å². The van der Waals surface area contributed by atoms with E-state index in [1.165, 1.54) is 0 Å². The number of nitriles is 1. The van der Waals surface area contributed by atoms with Crippen LogP contribution < -0.4 is 14.9 Å². The number of aromatic nitrogens is 1. The van der Waals surface area contributed by atoms with Gasteiger partial charge in [-0.25, -0.2) is 10.4 Å². The van der Waals surface area contributed by atoms with E-state index in [2.05, 4.69) is 29.4 Å². The Balaban J connectivity index is 2.14. The fourth-order valence-electron chi connectivity index (χ4n) is 2.51. The number of anilines is 1. The van der Waals surface area contributed by atoms with Crippen molar-refractivity contribution in [1.29, 1.82) is 5.26 Å². The van der Waals surface area contributed by atoms with Crippen molar-refractivity contribution < 1.29 is 13.9 Å². The van der Waals surface area contributed by atoms with Crippen molar-refractivity contribution in [3.63, 3.8) is 0 Å². The van der Waals surface area contributed by atoms with E-state index in [0.29, 0.717) is 24.0 Å². The van der Waals surface area contributed by atoms with Gasteiger partial charge < -0.3 is 13.9 Å². The number of nitrogens with one attached hydrogen (secondary N) is 1. The quantitative estimate of drug-likeness (QED) is 0.532. The maximum Gasteiger partial charge on any atom is 0.252 e. The van der Waals surface area contributed by atoms with Gasteiger partial charge in [-0.15, -0.1) is 0 Å². The number of ether oxygens (including phenoxy) is 2. The van der Waals surface area contributed by atoms with Gasteiger partial charge in [-0.2, -0.15) is 10.4 Å². The number of rotatable bonds is 9. The summed E-state index contributed by atoms with van der Waals surface area (Å²) in [6.45, 7) is 6.61. The van der Waals surface area contributed by atoms with Crippen LogP contribution in [-0.4, -0.2) is 24.9 Å². The summed E-state index contributed by atoms with van der Waals surface area (Å²) >= 11 is 0. The summed E-state index contributed by atoms with van der Waals surface area (Å²) in [4.78, 5) is 4.26. The molecule has 2 aromatic rings. The first-order chi connectivity index (χ1) is 12.7. The molecule has 0 amide bonds. The van der Waals surface area contributed by atoms with E-state index in [1.54, 1.807) is 13.3 Å². The van der Waals surface area contributed by atoms with E-state index < -0.39 is 0 Å². The molecule has 1 heterocycles. The average Bonchev–Trinajstić information content (AvgIpc) is 3.07. The molecule has 1 N–H and O–H groups in total. The van der Waals surface area contributed by atoms with Gasteiger partial charge in [0.05, 0.1) is 19.9 Å². The van der Waals surface area contributed by atoms with E-state index in [4.69, 9.17) is 13.9 Å². The van der Waals surface area contributed by atoms with Gasteiger partial charge >= 0.3 is 0 Å². The molecule has 138 valence electrons. The molecule has 0 atom stereocenters. The van der Waals surface area contributed by atoms with E-state index in [0.717, 1.165) is 18.4 Å². The number of hydrogen-bond donors (Lipinski definition) is 1. The summed E-state index contributed by atoms with van der Waals surface area (Å²) in [5.41, 5.74) is 3.78. The van der Waals surface area contributed by atoms with Crippen molar-refractivity contribution in [3.8, 4) is 17.6 Å². The molecule has 0 aliphatic carbocycles. The summed E-state index contributed by atoms with van der Waals surface area (Å²) in [5, 5.41) is 13.4. The number of hydrazone groups is 1. The second kappa shape index (κ2) is 9.47. The van der Waals surface area contributed by atoms with Crippen molar-refractivity contribution in [3.05, 3.63) is 35.3 Å². The summed E-state index contributed by atoms with van der Waals surface area (Å²) in [6, 6.07) is 7.53. The molecular weight excluding hydrogens is 332 g/mol. The Hall–Kier alpha value is -3.01. The van der Waals surface area contributed by atoms with Gasteiger partial charge in [0, 0.05) is 5.92 Å². The zero-order chi connectivity index (χ0) is 18.9. The van der Waals surface area contributed by atoms with Crippen molar-refractivity contribution >= 4 is 12.1 Å². The second-order valence-electron chi connectivity index (χ2n) is 5.57. The molecule has 0 saturated heterocycles. The van der Waals surface area contributed by atoms with Crippen molar-refractivity contribution in [2.24, 2.45) is 5.10 Å². The summed E-state index contributed by atoms with van der Waals surface area (Å²) in [7, 11) is 1.59. The number of nitrogens with zero attached hydrogens (tertiary/aromatic N) is 3. The second-order valence-corrected chi connectivity index (χ2v) is 5.57. The molecule has 0 aliphatic heterocycles. The lowest BCUT2D eigenvalue weighted by Crippen LogP contribution is -1.97. The fourth-order valence-corrected chi connectivity index (χ4v) is 2.51. The summed E-state index contributed by atoms with van der Waals surface area (Å²) in [6.07, 6.45) is 3.41. The lowest BCUT2D eigenvalue weighted by molar-refractivity contribution is 0.311. The standard InChI is InChI=1S/C19H24N4O3/c1-5-14(6-2)18-22-15(11-20)19(26-18)23-21-12-13-8-9-16(25-7-3)17(10-13)24-4/h8-10,12,14,23H,5-7H2,1-4H3/b21-12+. The van der Waals surface area contributed by atoms with Gasteiger partial charge in [0.25, 0.3) is 5.88 Å². The smallest absolute Gasteiger partial charge is 0.252 e. The topological polar surface area (TPSA) is 92.7 Å². The van der Waals surface area contributed by atoms with Crippen LogP contribution in [0.4, 0.5) is 5.88 Å². The highest BCUT2D eigenvalue weighted by Crippen LogP contribution is 2.28. The molecule has 0 saturated carbocycles. The molecule has 0 spiro atoms. The van der Waals surface area contributed by atoms with E-state index in [9.17, 15) is 5.26 Å². The minimum absolute atomic E-state index is 0.192. The number of benzene rings is 1. The molecule has 0 unspecified atom stereocenters. The minimum Gasteiger partial charge on any atom is -0.493 e. The largest absolute Gasteiger partial charge is 0.493 e. The highest BCUT2D eigenvalue weighted by molar-refractivity contribution is 5.81. The third-order valence-corrected chi connectivity index (χ3v) is 3.95. The van der Waals surface area contributed by atoms with Crippen molar-refractivity contribution in [1.82, 2.24) is 4.98 Å². The Morgan fingerprint density at radius 1 is 1.31 bits per heavy atom. The van der Waals surface area contributed by atoms with Crippen LogP contribution in [0.15, 0.2) is 27.7 Å². The van der Waals surface area contributed by atoms with Crippen LogP contribution in [0.1, 0.15) is 56.7 Å². The predicted octanol–water partition coefficient (Wildman–Crippen LogP) is 4.30. The zero-order valence-corrected chi connectivity index (χ0v) is 15.6. The van der Waals surface area contributed by atoms with Gasteiger partial charge in [0.2, 0.25) is 11.6 Å². The van der Waals surface area contributed by atoms with Crippen LogP contribution in [0.2, 0.25) is 0 Å². The first kappa shape index (κ1) is 19.3. The van der Waals surface area contributed by atoms with Crippen LogP contribution in [0.25, 0.3) is 0 Å². The molecule has 0 radical (unpaired) electrons. The Kier molecular flexibility index (Phi) is 7.03. The van der Waals surface area contributed by atoms with Gasteiger partial charge in [0.15, 0.2) is 11.5 Å². The first-order valence-corrected chi connectivity index (χ1v) is 8.67. The highest BCUT2D eigenvalue weighted by Gasteiger charge is 2.18. The van der Waals surface area contributed by atoms with Crippen molar-refractivity contribution in [2.75, 3.05) is 19.1 Å². The van der Waals surface area contributed by atoms with E-state index in [1.807, 2.05) is 31.2 Å². The molecule has 7 nitrogen and oxygen atoms in total. The van der Waals surface area contributed by atoms with E-state index in [-0.39, 0.29) is 17.5 Å². The van der Waals surface area contributed by atoms with Crippen LogP contribution in [0.3, 0.4) is 0 Å². The summed E-state index contributed by atoms with van der Waals surface area (Å²) < 4.78 is 16.5. The third kappa shape index (κ3) is 4.54. The van der Waals surface area contributed by atoms with Crippen LogP contribution in [0.5, 0.6) is 11.5 Å². The van der Waals surface area contributed by atoms with Crippen LogP contribution >= 0.6 is 0 Å². The Bertz CT molecular complexity index is 789. The summed E-state index contributed by atoms with van der Waals surface area (Å²) in [5.74, 6) is 2.31. The monoisotopic (exact) mass is 356 g/mol. The lowest BCUT2D eigenvalue weighted by Gasteiger charge is -2.09. The minimum atomic E-state index is 0.192. The molecule has 1 aromatic carbocycles. The third-order valence-electron chi connectivity index (χ3n) is 3.95. The average molecular weight is 356 g/mol. The van der Waals surface area contributed by atoms with Crippen LogP contribution in [-0.2, 0) is 0 Å². The first-order valence-electron chi connectivity index (χ1n) is 8.67. The van der Waals surface area contributed by atoms with Crippen molar-refractivity contribution in [2.45, 2.75) is 39.5 Å². The van der Waals surface area contributed by atoms with E-state index >= 15 is 0 Å². The molecule has 2 rings (SSSR count). The molecule has 0 fully saturated rings. The SMILES string of the molecule is CCOc1ccc(/C=N/Nc2oc(C(CC)CC)nc2C#N)cc1OC. The zero-order valence-electron chi connectivity index (χ0n) is 15.6. The fraction of sp³-hybridized carbons (Fsp3) is 0.421. The Morgan fingerprint density at radius 2 is 2.08 bits per heavy atom. The molecule has 26 heavy (non-hydrogen) atoms. The maximum atomic E-state index is 9.23. The van der Waals surface area contributed by atoms with Gasteiger partial charge in [-0.1, -0.05) is 13.8 Å². The normalized spacial score (nSPS) is 10.9. The molecule has 1 aromatic heterocycles. The maximum absolute atomic E-state index is 9.23. The highest BCUT2D eigenvalue weighted by atomic mass is 16.5. The van der Waals surface area contributed by atoms with Crippen LogP contribution in [0, 0.1) is 11.3 Å². The Morgan fingerprint density at radius 3 is 2.69 bits per heavy atom. The lowest BCUT2D eigenvalue weighted by atomic mass is 10.0. The molecule has 0 bridgehead atoms. The number of methoxy groups -OCH3 is 1. The predicted molar refractivity (Wildman–Crippen MR) is 99.9 cm³/mol. The molecule has 0 aliphatic rings. The number of oxazole rings is 1. The number of hydrogen-bond acceptors (Lipinski definition) is 7. The molecular formula is C19H24N4O3. The van der Waals surface area contributed by atoms with Gasteiger partial charge in [-0.05, 0) is 43.5 Å². The van der Waals surface area contributed by atoms with Gasteiger partial charge in [-0.3, -0.25) is 0 Å². The molecule has 7 heteroatoms.